The highest BCUT2D eigenvalue weighted by molar-refractivity contribution is 6.07. The zero-order chi connectivity index (χ0) is 14.0. The third-order valence-electron chi connectivity index (χ3n) is 2.34. The molecule has 2 rings (SSSR count). The Labute approximate surface area is 105 Å². The maximum Gasteiger partial charge on any atom is 0.418 e. The van der Waals surface area contributed by atoms with Gasteiger partial charge in [0.15, 0.2) is 5.82 Å². The number of amides is 1. The summed E-state index contributed by atoms with van der Waals surface area (Å²) >= 11 is 0. The molecule has 1 heterocycles. The van der Waals surface area contributed by atoms with E-state index in [1.165, 1.54) is 18.4 Å². The van der Waals surface area contributed by atoms with Gasteiger partial charge in [0.1, 0.15) is 6.26 Å². The first-order valence-corrected chi connectivity index (χ1v) is 5.07. The summed E-state index contributed by atoms with van der Waals surface area (Å²) in [5.41, 5.74) is 3.41. The Balaban J connectivity index is 2.33. The fourth-order valence-electron chi connectivity index (χ4n) is 1.47. The van der Waals surface area contributed by atoms with E-state index in [1.54, 1.807) is 0 Å². The van der Waals surface area contributed by atoms with E-state index in [1.807, 2.05) is 0 Å². The number of carbonyl (C=O) groups is 1. The van der Waals surface area contributed by atoms with Gasteiger partial charge in [0.2, 0.25) is 0 Å². The molecule has 0 spiro atoms. The minimum absolute atomic E-state index is 0.0850. The molecule has 0 bridgehead atoms. The van der Waals surface area contributed by atoms with Crippen molar-refractivity contribution in [3.8, 4) is 0 Å². The summed E-state index contributed by atoms with van der Waals surface area (Å²) in [4.78, 5) is 11.8. The predicted octanol–water partition coefficient (Wildman–Crippen LogP) is 2.53. The molecular weight excluding hydrogens is 263 g/mol. The van der Waals surface area contributed by atoms with Gasteiger partial charge < -0.3 is 15.6 Å². The Bertz CT molecular complexity index is 594. The number of carbonyl (C=O) groups excluding carboxylic acids is 1. The average molecular weight is 271 g/mol. The Morgan fingerprint density at radius 2 is 2.05 bits per heavy atom. The molecule has 3 N–H and O–H groups in total. The largest absolute Gasteiger partial charge is 0.418 e. The van der Waals surface area contributed by atoms with Crippen LogP contribution in [0.5, 0.6) is 0 Å². The van der Waals surface area contributed by atoms with Crippen LogP contribution in [0.1, 0.15) is 15.9 Å². The maximum atomic E-state index is 12.6. The van der Waals surface area contributed by atoms with Crippen molar-refractivity contribution >= 4 is 17.4 Å². The van der Waals surface area contributed by atoms with E-state index >= 15 is 0 Å². The van der Waals surface area contributed by atoms with Crippen molar-refractivity contribution in [2.45, 2.75) is 6.18 Å². The molecule has 1 amide bonds. The van der Waals surface area contributed by atoms with Crippen molar-refractivity contribution in [1.29, 1.82) is 0 Å². The molecule has 0 saturated carbocycles. The van der Waals surface area contributed by atoms with Crippen LogP contribution in [0, 0.1) is 0 Å². The van der Waals surface area contributed by atoms with E-state index < -0.39 is 23.3 Å². The topological polar surface area (TPSA) is 81.2 Å². The first-order valence-electron chi connectivity index (χ1n) is 5.07. The molecule has 1 aromatic heterocycles. The number of alkyl halides is 3. The minimum Gasteiger partial charge on any atom is -0.398 e. The monoisotopic (exact) mass is 271 g/mol. The van der Waals surface area contributed by atoms with Crippen molar-refractivity contribution in [2.75, 3.05) is 11.1 Å². The second kappa shape index (κ2) is 4.63. The smallest absolute Gasteiger partial charge is 0.398 e. The fourth-order valence-corrected chi connectivity index (χ4v) is 1.47. The van der Waals surface area contributed by atoms with E-state index in [9.17, 15) is 18.0 Å². The summed E-state index contributed by atoms with van der Waals surface area (Å²) in [6.07, 6.45) is -3.40. The third kappa shape index (κ3) is 2.67. The van der Waals surface area contributed by atoms with Crippen LogP contribution in [-0.4, -0.2) is 11.1 Å². The molecule has 0 aliphatic carbocycles. The molecule has 2 aromatic rings. The lowest BCUT2D eigenvalue weighted by Crippen LogP contribution is -2.17. The van der Waals surface area contributed by atoms with Gasteiger partial charge in [0, 0.05) is 6.07 Å². The number of hydrogen-bond acceptors (Lipinski definition) is 4. The van der Waals surface area contributed by atoms with Gasteiger partial charge in [-0.3, -0.25) is 4.79 Å². The van der Waals surface area contributed by atoms with Crippen LogP contribution in [0.3, 0.4) is 0 Å². The number of benzene rings is 1. The van der Waals surface area contributed by atoms with Crippen LogP contribution in [0.15, 0.2) is 35.1 Å². The van der Waals surface area contributed by atoms with Crippen molar-refractivity contribution < 1.29 is 22.5 Å². The number of para-hydroxylation sites is 1. The van der Waals surface area contributed by atoms with Gasteiger partial charge in [-0.05, 0) is 12.1 Å². The second-order valence-corrected chi connectivity index (χ2v) is 3.60. The van der Waals surface area contributed by atoms with E-state index in [4.69, 9.17) is 5.73 Å². The number of nitrogen functional groups attached to an aromatic ring is 1. The lowest BCUT2D eigenvalue weighted by atomic mass is 10.1. The molecule has 0 aliphatic rings. The molecule has 0 fully saturated rings. The van der Waals surface area contributed by atoms with Gasteiger partial charge in [-0.15, -0.1) is 0 Å². The zero-order valence-electron chi connectivity index (χ0n) is 9.36. The van der Waals surface area contributed by atoms with Crippen molar-refractivity contribution in [3.05, 3.63) is 41.7 Å². The molecule has 1 aromatic carbocycles. The van der Waals surface area contributed by atoms with Crippen LogP contribution >= 0.6 is 0 Å². The van der Waals surface area contributed by atoms with Gasteiger partial charge in [0.25, 0.3) is 5.91 Å². The van der Waals surface area contributed by atoms with Crippen molar-refractivity contribution in [3.63, 3.8) is 0 Å². The lowest BCUT2D eigenvalue weighted by molar-refractivity contribution is -0.136. The van der Waals surface area contributed by atoms with Gasteiger partial charge in [0.05, 0.1) is 16.8 Å². The molecular formula is C11H8F3N3O2. The van der Waals surface area contributed by atoms with Crippen LogP contribution in [0.25, 0.3) is 0 Å². The highest BCUT2D eigenvalue weighted by Crippen LogP contribution is 2.35. The van der Waals surface area contributed by atoms with Gasteiger partial charge >= 0.3 is 6.18 Å². The van der Waals surface area contributed by atoms with E-state index in [-0.39, 0.29) is 11.4 Å². The summed E-state index contributed by atoms with van der Waals surface area (Å²) in [7, 11) is 0. The zero-order valence-corrected chi connectivity index (χ0v) is 9.36. The van der Waals surface area contributed by atoms with Gasteiger partial charge in [-0.1, -0.05) is 11.2 Å². The highest BCUT2D eigenvalue weighted by Gasteiger charge is 2.34. The summed E-state index contributed by atoms with van der Waals surface area (Å²) in [5.74, 6) is -0.709. The standard InChI is InChI=1S/C11H8F3N3O2/c12-11(13,14)7-3-1-2-6(9(7)15)10(18)16-8-4-5-19-17-8/h1-5H,15H2,(H,16,17,18). The summed E-state index contributed by atoms with van der Waals surface area (Å²) in [6, 6.07) is 4.46. The van der Waals surface area contributed by atoms with E-state index in [0.29, 0.717) is 0 Å². The summed E-state index contributed by atoms with van der Waals surface area (Å²) in [6.45, 7) is 0. The van der Waals surface area contributed by atoms with E-state index in [0.717, 1.165) is 12.1 Å². The Morgan fingerprint density at radius 3 is 2.63 bits per heavy atom. The molecule has 0 aliphatic heterocycles. The normalized spacial score (nSPS) is 11.3. The van der Waals surface area contributed by atoms with Crippen molar-refractivity contribution in [1.82, 2.24) is 5.16 Å². The molecule has 0 atom stereocenters. The fraction of sp³-hybridized carbons (Fsp3) is 0.0909. The number of anilines is 2. The molecule has 5 nitrogen and oxygen atoms in total. The lowest BCUT2D eigenvalue weighted by Gasteiger charge is -2.12. The number of nitrogens with one attached hydrogen (secondary N) is 1. The first-order chi connectivity index (χ1) is 8.89. The van der Waals surface area contributed by atoms with Gasteiger partial charge in [-0.25, -0.2) is 0 Å². The molecule has 19 heavy (non-hydrogen) atoms. The number of halogens is 3. The molecule has 8 heteroatoms. The number of hydrogen-bond donors (Lipinski definition) is 2. The minimum atomic E-state index is -4.62. The molecule has 0 unspecified atom stereocenters. The van der Waals surface area contributed by atoms with Crippen LogP contribution in [-0.2, 0) is 6.18 Å². The number of rotatable bonds is 2. The van der Waals surface area contributed by atoms with Crippen LogP contribution in [0.4, 0.5) is 24.7 Å². The third-order valence-corrected chi connectivity index (χ3v) is 2.34. The first kappa shape index (κ1) is 12.9. The number of nitrogens with two attached hydrogens (primary N) is 1. The quantitative estimate of drug-likeness (QED) is 0.822. The average Bonchev–Trinajstić information content (AvgIpc) is 2.80. The Morgan fingerprint density at radius 1 is 1.32 bits per heavy atom. The molecule has 0 saturated heterocycles. The van der Waals surface area contributed by atoms with E-state index in [2.05, 4.69) is 15.0 Å². The van der Waals surface area contributed by atoms with Crippen LogP contribution in [0.2, 0.25) is 0 Å². The summed E-state index contributed by atoms with van der Waals surface area (Å²) in [5, 5.41) is 5.68. The van der Waals surface area contributed by atoms with Crippen LogP contribution < -0.4 is 11.1 Å². The summed E-state index contributed by atoms with van der Waals surface area (Å²) < 4.78 is 42.4. The predicted molar refractivity (Wildman–Crippen MR) is 60.3 cm³/mol. The SMILES string of the molecule is Nc1c(C(=O)Nc2ccon2)cccc1C(F)(F)F. The number of aromatic nitrogens is 1. The van der Waals surface area contributed by atoms with Crippen molar-refractivity contribution in [2.24, 2.45) is 0 Å². The Hall–Kier alpha value is -2.51. The Kier molecular flexibility index (Phi) is 3.16. The van der Waals surface area contributed by atoms with Gasteiger partial charge in [-0.2, -0.15) is 13.2 Å². The molecule has 0 radical (unpaired) electrons. The highest BCUT2D eigenvalue weighted by atomic mass is 19.4. The number of nitrogens with zero attached hydrogens (tertiary/aromatic N) is 1. The molecule has 100 valence electrons. The maximum absolute atomic E-state index is 12.6. The second-order valence-electron chi connectivity index (χ2n) is 3.60.